The van der Waals surface area contributed by atoms with Crippen molar-refractivity contribution in [2.75, 3.05) is 0 Å². The SMILES string of the molecule is CCCc1cc(=O)[nH]c(-c2cc(O)cc(F)c2)n1. The molecule has 2 N–H and O–H groups in total. The van der Waals surface area contributed by atoms with E-state index in [1.54, 1.807) is 0 Å². The number of rotatable bonds is 3. The Morgan fingerprint density at radius 2 is 2.11 bits per heavy atom. The average Bonchev–Trinajstić information content (AvgIpc) is 2.27. The van der Waals surface area contributed by atoms with E-state index < -0.39 is 5.82 Å². The van der Waals surface area contributed by atoms with E-state index in [0.29, 0.717) is 17.7 Å². The maximum atomic E-state index is 13.2. The van der Waals surface area contributed by atoms with Crippen LogP contribution in [-0.4, -0.2) is 15.1 Å². The molecule has 0 unspecified atom stereocenters. The second kappa shape index (κ2) is 5.00. The number of nitrogens with one attached hydrogen (secondary N) is 1. The molecule has 1 aromatic carbocycles. The summed E-state index contributed by atoms with van der Waals surface area (Å²) in [6.45, 7) is 1.98. The normalized spacial score (nSPS) is 10.6. The Balaban J connectivity index is 2.52. The largest absolute Gasteiger partial charge is 0.508 e. The van der Waals surface area contributed by atoms with Gasteiger partial charge in [0.2, 0.25) is 0 Å². The Hall–Kier alpha value is -2.17. The van der Waals surface area contributed by atoms with Crippen LogP contribution < -0.4 is 5.56 Å². The Bertz CT molecular complexity index is 602. The molecule has 0 spiro atoms. The van der Waals surface area contributed by atoms with Gasteiger partial charge in [-0.05, 0) is 18.6 Å². The zero-order chi connectivity index (χ0) is 13.1. The van der Waals surface area contributed by atoms with Gasteiger partial charge in [-0.2, -0.15) is 0 Å². The Labute approximate surface area is 103 Å². The van der Waals surface area contributed by atoms with Crippen molar-refractivity contribution in [1.29, 1.82) is 0 Å². The van der Waals surface area contributed by atoms with Gasteiger partial charge in [-0.1, -0.05) is 13.3 Å². The summed E-state index contributed by atoms with van der Waals surface area (Å²) < 4.78 is 13.2. The van der Waals surface area contributed by atoms with Gasteiger partial charge in [0.15, 0.2) is 0 Å². The van der Waals surface area contributed by atoms with E-state index in [1.165, 1.54) is 18.2 Å². The first-order valence-electron chi connectivity index (χ1n) is 5.68. The lowest BCUT2D eigenvalue weighted by atomic mass is 10.2. The van der Waals surface area contributed by atoms with E-state index in [-0.39, 0.29) is 17.1 Å². The maximum absolute atomic E-state index is 13.2. The summed E-state index contributed by atoms with van der Waals surface area (Å²) in [5.41, 5.74) is 0.717. The van der Waals surface area contributed by atoms with Crippen molar-refractivity contribution in [3.05, 3.63) is 46.1 Å². The smallest absolute Gasteiger partial charge is 0.251 e. The number of phenolic OH excluding ortho intramolecular Hbond substituents is 1. The van der Waals surface area contributed by atoms with Crippen molar-refractivity contribution >= 4 is 0 Å². The molecule has 1 heterocycles. The van der Waals surface area contributed by atoms with Crippen LogP contribution in [0.2, 0.25) is 0 Å². The van der Waals surface area contributed by atoms with Crippen LogP contribution in [0.4, 0.5) is 4.39 Å². The summed E-state index contributed by atoms with van der Waals surface area (Å²) in [4.78, 5) is 18.3. The van der Waals surface area contributed by atoms with Gasteiger partial charge in [0.1, 0.15) is 17.4 Å². The number of aromatic amines is 1. The van der Waals surface area contributed by atoms with Crippen LogP contribution in [0.3, 0.4) is 0 Å². The number of aryl methyl sites for hydroxylation is 1. The fraction of sp³-hybridized carbons (Fsp3) is 0.231. The Kier molecular flexibility index (Phi) is 3.41. The molecule has 0 radical (unpaired) electrons. The number of hydrogen-bond donors (Lipinski definition) is 2. The first-order valence-corrected chi connectivity index (χ1v) is 5.68. The number of benzene rings is 1. The fourth-order valence-corrected chi connectivity index (χ4v) is 1.74. The van der Waals surface area contributed by atoms with Crippen LogP contribution in [0.5, 0.6) is 5.75 Å². The number of aromatic nitrogens is 2. The van der Waals surface area contributed by atoms with Crippen molar-refractivity contribution in [3.63, 3.8) is 0 Å². The van der Waals surface area contributed by atoms with E-state index in [2.05, 4.69) is 9.97 Å². The predicted molar refractivity (Wildman–Crippen MR) is 65.9 cm³/mol. The maximum Gasteiger partial charge on any atom is 0.251 e. The Morgan fingerprint density at radius 1 is 1.33 bits per heavy atom. The Morgan fingerprint density at radius 3 is 2.78 bits per heavy atom. The highest BCUT2D eigenvalue weighted by atomic mass is 19.1. The second-order valence-corrected chi connectivity index (χ2v) is 4.03. The highest BCUT2D eigenvalue weighted by Crippen LogP contribution is 2.21. The molecule has 0 bridgehead atoms. The number of phenols is 1. The standard InChI is InChI=1S/C13H13FN2O2/c1-2-3-10-7-12(18)16-13(15-10)8-4-9(14)6-11(17)5-8/h4-7,17H,2-3H2,1H3,(H,15,16,18). The number of aromatic hydroxyl groups is 1. The molecule has 0 aliphatic carbocycles. The molecule has 18 heavy (non-hydrogen) atoms. The fourth-order valence-electron chi connectivity index (χ4n) is 1.74. The lowest BCUT2D eigenvalue weighted by molar-refractivity contribution is 0.469. The molecule has 0 aliphatic rings. The molecule has 94 valence electrons. The van der Waals surface area contributed by atoms with Crippen LogP contribution in [0, 0.1) is 5.82 Å². The van der Waals surface area contributed by atoms with Gasteiger partial charge < -0.3 is 10.1 Å². The minimum atomic E-state index is -0.575. The van der Waals surface area contributed by atoms with Crippen molar-refractivity contribution in [3.8, 4) is 17.1 Å². The predicted octanol–water partition coefficient (Wildman–Crippen LogP) is 2.23. The van der Waals surface area contributed by atoms with E-state index >= 15 is 0 Å². The van der Waals surface area contributed by atoms with Crippen LogP contribution in [0.1, 0.15) is 19.0 Å². The summed E-state index contributed by atoms with van der Waals surface area (Å²) in [6, 6.07) is 4.99. The molecule has 0 saturated carbocycles. The lowest BCUT2D eigenvalue weighted by Crippen LogP contribution is -2.10. The van der Waals surface area contributed by atoms with Crippen LogP contribution in [0.25, 0.3) is 11.4 Å². The molecule has 4 nitrogen and oxygen atoms in total. The third-order valence-electron chi connectivity index (χ3n) is 2.46. The van der Waals surface area contributed by atoms with E-state index in [1.807, 2.05) is 6.92 Å². The minimum absolute atomic E-state index is 0.200. The molecule has 1 aromatic heterocycles. The second-order valence-electron chi connectivity index (χ2n) is 4.03. The number of halogens is 1. The highest BCUT2D eigenvalue weighted by Gasteiger charge is 2.07. The van der Waals surface area contributed by atoms with Gasteiger partial charge in [0.25, 0.3) is 5.56 Å². The molecule has 2 rings (SSSR count). The zero-order valence-electron chi connectivity index (χ0n) is 9.90. The van der Waals surface area contributed by atoms with Gasteiger partial charge in [-0.15, -0.1) is 0 Å². The van der Waals surface area contributed by atoms with Crippen molar-refractivity contribution in [1.82, 2.24) is 9.97 Å². The molecule has 2 aromatic rings. The molecule has 0 fully saturated rings. The first kappa shape index (κ1) is 12.3. The van der Waals surface area contributed by atoms with E-state index in [9.17, 15) is 14.3 Å². The van der Waals surface area contributed by atoms with Gasteiger partial charge in [0, 0.05) is 23.4 Å². The summed E-state index contributed by atoms with van der Waals surface area (Å²) in [5, 5.41) is 9.34. The van der Waals surface area contributed by atoms with Crippen LogP contribution >= 0.6 is 0 Å². The van der Waals surface area contributed by atoms with Crippen molar-refractivity contribution in [2.24, 2.45) is 0 Å². The van der Waals surface area contributed by atoms with Gasteiger partial charge in [0.05, 0.1) is 0 Å². The summed E-state index contributed by atoms with van der Waals surface area (Å²) in [7, 11) is 0. The van der Waals surface area contributed by atoms with Crippen LogP contribution in [0.15, 0.2) is 29.1 Å². The number of hydrogen-bond acceptors (Lipinski definition) is 3. The third-order valence-corrected chi connectivity index (χ3v) is 2.46. The average molecular weight is 248 g/mol. The molecule has 0 atom stereocenters. The topological polar surface area (TPSA) is 66.0 Å². The first-order chi connectivity index (χ1) is 8.58. The van der Waals surface area contributed by atoms with Crippen molar-refractivity contribution in [2.45, 2.75) is 19.8 Å². The summed E-state index contributed by atoms with van der Waals surface area (Å²) >= 11 is 0. The van der Waals surface area contributed by atoms with Gasteiger partial charge >= 0.3 is 0 Å². The third kappa shape index (κ3) is 2.74. The lowest BCUT2D eigenvalue weighted by Gasteiger charge is -2.04. The van der Waals surface area contributed by atoms with Gasteiger partial charge in [-0.3, -0.25) is 4.79 Å². The monoisotopic (exact) mass is 248 g/mol. The molecule has 0 amide bonds. The number of nitrogens with zero attached hydrogens (tertiary/aromatic N) is 1. The molecular weight excluding hydrogens is 235 g/mol. The minimum Gasteiger partial charge on any atom is -0.508 e. The van der Waals surface area contributed by atoms with Crippen molar-refractivity contribution < 1.29 is 9.50 Å². The highest BCUT2D eigenvalue weighted by molar-refractivity contribution is 5.57. The molecule has 0 saturated heterocycles. The van der Waals surface area contributed by atoms with Gasteiger partial charge in [-0.25, -0.2) is 9.37 Å². The molecular formula is C13H13FN2O2. The molecule has 5 heteroatoms. The summed E-state index contributed by atoms with van der Waals surface area (Å²) in [5.74, 6) is -0.511. The molecule has 0 aliphatic heterocycles. The van der Waals surface area contributed by atoms with E-state index in [4.69, 9.17) is 0 Å². The van der Waals surface area contributed by atoms with Crippen LogP contribution in [-0.2, 0) is 6.42 Å². The zero-order valence-corrected chi connectivity index (χ0v) is 9.90. The number of H-pyrrole nitrogens is 1. The van der Waals surface area contributed by atoms with E-state index in [0.717, 1.165) is 12.5 Å². The summed E-state index contributed by atoms with van der Waals surface area (Å²) in [6.07, 6.45) is 1.54. The quantitative estimate of drug-likeness (QED) is 0.875.